The van der Waals surface area contributed by atoms with Crippen LogP contribution in [0.4, 0.5) is 5.69 Å². The molecule has 3 rings (SSSR count). The molecule has 1 N–H and O–H groups in total. The predicted octanol–water partition coefficient (Wildman–Crippen LogP) is 2.53. The summed E-state index contributed by atoms with van der Waals surface area (Å²) >= 11 is 0. The molecule has 104 valence electrons. The Balaban J connectivity index is 1.67. The highest BCUT2D eigenvalue weighted by Crippen LogP contribution is 2.15. The Kier molecular flexibility index (Phi) is 3.51. The maximum absolute atomic E-state index is 11.5. The summed E-state index contributed by atoms with van der Waals surface area (Å²) in [6.45, 7) is 0. The Morgan fingerprint density at radius 1 is 0.762 bits per heavy atom. The van der Waals surface area contributed by atoms with Crippen molar-refractivity contribution in [3.8, 4) is 0 Å². The standard InChI is InChI=1S/C17H14N2O2/c20-16-10-11-17(21)19(16)18-15-8-6-14(7-9-15)12-13-4-2-1-3-5-13/h1-11,18H,12H2. The highest BCUT2D eigenvalue weighted by Gasteiger charge is 2.23. The second kappa shape index (κ2) is 5.63. The van der Waals surface area contributed by atoms with Gasteiger partial charge in [0.25, 0.3) is 11.8 Å². The van der Waals surface area contributed by atoms with Gasteiger partial charge in [0.15, 0.2) is 0 Å². The molecule has 0 unspecified atom stereocenters. The van der Waals surface area contributed by atoms with E-state index in [1.54, 1.807) is 0 Å². The van der Waals surface area contributed by atoms with E-state index in [-0.39, 0.29) is 11.8 Å². The van der Waals surface area contributed by atoms with Crippen LogP contribution >= 0.6 is 0 Å². The lowest BCUT2D eigenvalue weighted by molar-refractivity contribution is -0.135. The monoisotopic (exact) mass is 278 g/mol. The molecule has 0 saturated carbocycles. The van der Waals surface area contributed by atoms with Crippen molar-refractivity contribution in [3.05, 3.63) is 77.9 Å². The molecule has 0 aliphatic carbocycles. The zero-order valence-electron chi connectivity index (χ0n) is 11.3. The van der Waals surface area contributed by atoms with Gasteiger partial charge in [-0.1, -0.05) is 42.5 Å². The minimum atomic E-state index is -0.353. The average molecular weight is 278 g/mol. The first kappa shape index (κ1) is 13.1. The molecule has 1 aliphatic rings. The largest absolute Gasteiger partial charge is 0.288 e. The van der Waals surface area contributed by atoms with Gasteiger partial charge in [0, 0.05) is 12.2 Å². The van der Waals surface area contributed by atoms with Crippen LogP contribution in [0.2, 0.25) is 0 Å². The molecule has 0 bridgehead atoms. The Labute approximate surface area is 122 Å². The van der Waals surface area contributed by atoms with E-state index in [1.165, 1.54) is 23.3 Å². The third kappa shape index (κ3) is 3.00. The summed E-state index contributed by atoms with van der Waals surface area (Å²) in [7, 11) is 0. The number of nitrogens with one attached hydrogen (secondary N) is 1. The first-order valence-corrected chi connectivity index (χ1v) is 6.68. The van der Waals surface area contributed by atoms with E-state index in [4.69, 9.17) is 0 Å². The molecule has 0 atom stereocenters. The van der Waals surface area contributed by atoms with Gasteiger partial charge < -0.3 is 0 Å². The van der Waals surface area contributed by atoms with Gasteiger partial charge in [-0.3, -0.25) is 15.0 Å². The quantitative estimate of drug-likeness (QED) is 0.874. The van der Waals surface area contributed by atoms with Gasteiger partial charge in [-0.15, -0.1) is 0 Å². The van der Waals surface area contributed by atoms with Crippen molar-refractivity contribution in [3.63, 3.8) is 0 Å². The number of benzene rings is 2. The van der Waals surface area contributed by atoms with Crippen LogP contribution in [0.25, 0.3) is 0 Å². The first-order valence-electron chi connectivity index (χ1n) is 6.68. The maximum atomic E-state index is 11.5. The molecule has 2 aromatic carbocycles. The average Bonchev–Trinajstić information content (AvgIpc) is 2.82. The third-order valence-electron chi connectivity index (χ3n) is 3.26. The van der Waals surface area contributed by atoms with E-state index in [0.29, 0.717) is 5.69 Å². The number of carbonyl (C=O) groups excluding carboxylic acids is 2. The molecule has 0 aromatic heterocycles. The van der Waals surface area contributed by atoms with Gasteiger partial charge in [-0.25, -0.2) is 0 Å². The Hall–Kier alpha value is -2.88. The molecule has 1 heterocycles. The minimum absolute atomic E-state index is 0.353. The number of imide groups is 1. The number of anilines is 1. The molecule has 0 fully saturated rings. The summed E-state index contributed by atoms with van der Waals surface area (Å²) in [6.07, 6.45) is 3.35. The maximum Gasteiger partial charge on any atom is 0.272 e. The lowest BCUT2D eigenvalue weighted by atomic mass is 10.1. The molecule has 21 heavy (non-hydrogen) atoms. The van der Waals surface area contributed by atoms with Crippen molar-refractivity contribution in [1.29, 1.82) is 0 Å². The van der Waals surface area contributed by atoms with Crippen LogP contribution in [0, 0.1) is 0 Å². The van der Waals surface area contributed by atoms with E-state index < -0.39 is 0 Å². The number of nitrogens with zero attached hydrogens (tertiary/aromatic N) is 1. The number of amides is 2. The van der Waals surface area contributed by atoms with Crippen LogP contribution < -0.4 is 5.43 Å². The minimum Gasteiger partial charge on any atom is -0.288 e. The van der Waals surface area contributed by atoms with Crippen LogP contribution in [-0.4, -0.2) is 16.8 Å². The van der Waals surface area contributed by atoms with Crippen LogP contribution in [0.15, 0.2) is 66.7 Å². The fourth-order valence-corrected chi connectivity index (χ4v) is 2.17. The number of hydrazine groups is 1. The fourth-order valence-electron chi connectivity index (χ4n) is 2.17. The van der Waals surface area contributed by atoms with E-state index in [9.17, 15) is 9.59 Å². The summed E-state index contributed by atoms with van der Waals surface area (Å²) in [4.78, 5) is 22.9. The van der Waals surface area contributed by atoms with Gasteiger partial charge in [0.05, 0.1) is 5.69 Å². The second-order valence-corrected chi connectivity index (χ2v) is 4.82. The molecule has 0 radical (unpaired) electrons. The molecule has 2 aromatic rings. The van der Waals surface area contributed by atoms with Gasteiger partial charge >= 0.3 is 0 Å². The summed E-state index contributed by atoms with van der Waals surface area (Å²) < 4.78 is 0. The highest BCUT2D eigenvalue weighted by atomic mass is 16.2. The smallest absolute Gasteiger partial charge is 0.272 e. The summed E-state index contributed by atoms with van der Waals surface area (Å²) in [5, 5.41) is 0.992. The van der Waals surface area contributed by atoms with Gasteiger partial charge in [-0.2, -0.15) is 5.01 Å². The summed E-state index contributed by atoms with van der Waals surface area (Å²) in [5.74, 6) is -0.707. The predicted molar refractivity (Wildman–Crippen MR) is 80.3 cm³/mol. The van der Waals surface area contributed by atoms with Crippen molar-refractivity contribution in [2.45, 2.75) is 6.42 Å². The molecule has 1 aliphatic heterocycles. The van der Waals surface area contributed by atoms with Crippen molar-refractivity contribution in [2.24, 2.45) is 0 Å². The second-order valence-electron chi connectivity index (χ2n) is 4.82. The number of carbonyl (C=O) groups is 2. The molecule has 0 spiro atoms. The summed E-state index contributed by atoms with van der Waals surface area (Å²) in [6, 6.07) is 17.9. The van der Waals surface area contributed by atoms with E-state index in [0.717, 1.165) is 11.4 Å². The highest BCUT2D eigenvalue weighted by molar-refractivity contribution is 6.13. The summed E-state index contributed by atoms with van der Waals surface area (Å²) in [5.41, 5.74) is 5.92. The lowest BCUT2D eigenvalue weighted by Crippen LogP contribution is -2.35. The zero-order chi connectivity index (χ0) is 14.7. The van der Waals surface area contributed by atoms with Crippen molar-refractivity contribution in [2.75, 3.05) is 5.43 Å². The lowest BCUT2D eigenvalue weighted by Gasteiger charge is -2.16. The molecule has 4 nitrogen and oxygen atoms in total. The van der Waals surface area contributed by atoms with E-state index in [1.807, 2.05) is 42.5 Å². The molecule has 4 heteroatoms. The molecule has 2 amide bonds. The normalized spacial score (nSPS) is 13.8. The van der Waals surface area contributed by atoms with Gasteiger partial charge in [0.2, 0.25) is 0 Å². The van der Waals surface area contributed by atoms with Crippen LogP contribution in [0.5, 0.6) is 0 Å². The van der Waals surface area contributed by atoms with Gasteiger partial charge in [-0.05, 0) is 29.7 Å². The number of rotatable bonds is 4. The van der Waals surface area contributed by atoms with Crippen LogP contribution in [0.3, 0.4) is 0 Å². The van der Waals surface area contributed by atoms with Gasteiger partial charge in [0.1, 0.15) is 0 Å². The Morgan fingerprint density at radius 3 is 1.95 bits per heavy atom. The first-order chi connectivity index (χ1) is 10.2. The molecule has 0 saturated heterocycles. The number of hydrogen-bond acceptors (Lipinski definition) is 3. The van der Waals surface area contributed by atoms with E-state index in [2.05, 4.69) is 17.6 Å². The van der Waals surface area contributed by atoms with Crippen molar-refractivity contribution >= 4 is 17.5 Å². The zero-order valence-corrected chi connectivity index (χ0v) is 11.3. The van der Waals surface area contributed by atoms with E-state index >= 15 is 0 Å². The third-order valence-corrected chi connectivity index (χ3v) is 3.26. The topological polar surface area (TPSA) is 49.4 Å². The van der Waals surface area contributed by atoms with Crippen molar-refractivity contribution in [1.82, 2.24) is 5.01 Å². The van der Waals surface area contributed by atoms with Crippen molar-refractivity contribution < 1.29 is 9.59 Å². The number of hydrogen-bond donors (Lipinski definition) is 1. The van der Waals surface area contributed by atoms with Crippen LogP contribution in [0.1, 0.15) is 11.1 Å². The Morgan fingerprint density at radius 2 is 1.33 bits per heavy atom. The van der Waals surface area contributed by atoms with Crippen LogP contribution in [-0.2, 0) is 16.0 Å². The molecular weight excluding hydrogens is 264 g/mol. The SMILES string of the molecule is O=C1C=CC(=O)N1Nc1ccc(Cc2ccccc2)cc1. The fraction of sp³-hybridized carbons (Fsp3) is 0.0588. The Bertz CT molecular complexity index is 672. The molecular formula is C17H14N2O2.